The van der Waals surface area contributed by atoms with Gasteiger partial charge < -0.3 is 14.8 Å². The molecule has 1 amide bonds. The number of nitrogens with one attached hydrogen (secondary N) is 1. The van der Waals surface area contributed by atoms with Crippen molar-refractivity contribution in [3.8, 4) is 0 Å². The largest absolute Gasteiger partial charge is 0.440 e. The molecule has 0 aromatic heterocycles. The zero-order valence-corrected chi connectivity index (χ0v) is 8.84. The minimum absolute atomic E-state index is 0.0953. The number of hydrogen-bond donors (Lipinski definition) is 1. The molecule has 4 nitrogen and oxygen atoms in total. The van der Waals surface area contributed by atoms with Crippen LogP contribution in [-0.2, 0) is 9.47 Å². The van der Waals surface area contributed by atoms with Gasteiger partial charge in [0.1, 0.15) is 0 Å². The van der Waals surface area contributed by atoms with Crippen LogP contribution in [0, 0.1) is 0 Å². The minimum atomic E-state index is -4.48. The number of halogens is 3. The van der Waals surface area contributed by atoms with E-state index in [0.717, 1.165) is 0 Å². The number of ether oxygens (including phenoxy) is 2. The highest BCUT2D eigenvalue weighted by Gasteiger charge is 2.33. The number of carbonyl (C=O) groups excluding carboxylic acids is 1. The second kappa shape index (κ2) is 5.38. The predicted octanol–water partition coefficient (Wildman–Crippen LogP) is 1.84. The van der Waals surface area contributed by atoms with E-state index >= 15 is 0 Å². The maximum atomic E-state index is 11.7. The lowest BCUT2D eigenvalue weighted by molar-refractivity contribution is -0.160. The highest BCUT2D eigenvalue weighted by atomic mass is 19.4. The number of alkyl halides is 3. The molecule has 1 saturated carbocycles. The Morgan fingerprint density at radius 1 is 1.44 bits per heavy atom. The minimum Gasteiger partial charge on any atom is -0.440 e. The summed E-state index contributed by atoms with van der Waals surface area (Å²) >= 11 is 0. The van der Waals surface area contributed by atoms with Crippen molar-refractivity contribution < 1.29 is 27.4 Å². The first-order valence-corrected chi connectivity index (χ1v) is 5.02. The Morgan fingerprint density at radius 2 is 2.06 bits per heavy atom. The van der Waals surface area contributed by atoms with Crippen LogP contribution in [0.1, 0.15) is 19.8 Å². The maximum Gasteiger partial charge on any atom is 0.422 e. The van der Waals surface area contributed by atoms with Crippen LogP contribution < -0.4 is 5.32 Å². The SMILES string of the molecule is CCOC1CC(NC(=O)OCC(F)(F)F)C1. The number of amides is 1. The molecule has 1 aliphatic carbocycles. The van der Waals surface area contributed by atoms with Crippen molar-refractivity contribution in [1.29, 1.82) is 0 Å². The zero-order chi connectivity index (χ0) is 12.2. The molecule has 0 radical (unpaired) electrons. The highest BCUT2D eigenvalue weighted by molar-refractivity contribution is 5.67. The summed E-state index contributed by atoms with van der Waals surface area (Å²) < 4.78 is 44.3. The van der Waals surface area contributed by atoms with E-state index in [9.17, 15) is 18.0 Å². The smallest absolute Gasteiger partial charge is 0.422 e. The molecule has 0 unspecified atom stereocenters. The number of rotatable bonds is 4. The average molecular weight is 241 g/mol. The molecule has 1 rings (SSSR count). The first-order chi connectivity index (χ1) is 7.40. The van der Waals surface area contributed by atoms with Gasteiger partial charge in [-0.25, -0.2) is 4.79 Å². The van der Waals surface area contributed by atoms with Gasteiger partial charge in [0.2, 0.25) is 0 Å². The van der Waals surface area contributed by atoms with Gasteiger partial charge in [-0.1, -0.05) is 0 Å². The third kappa shape index (κ3) is 4.69. The fourth-order valence-corrected chi connectivity index (χ4v) is 1.41. The quantitative estimate of drug-likeness (QED) is 0.817. The van der Waals surface area contributed by atoms with Crippen LogP contribution in [-0.4, -0.2) is 37.6 Å². The van der Waals surface area contributed by atoms with Crippen molar-refractivity contribution in [2.45, 2.75) is 38.1 Å². The second-order valence-corrected chi connectivity index (χ2v) is 3.58. The molecule has 0 aromatic carbocycles. The molecule has 0 spiro atoms. The van der Waals surface area contributed by atoms with Gasteiger partial charge in [0.15, 0.2) is 6.61 Å². The predicted molar refractivity (Wildman–Crippen MR) is 49.0 cm³/mol. The van der Waals surface area contributed by atoms with Crippen LogP contribution in [0.4, 0.5) is 18.0 Å². The Balaban J connectivity index is 2.08. The van der Waals surface area contributed by atoms with Crippen molar-refractivity contribution in [1.82, 2.24) is 5.32 Å². The number of carbonyl (C=O) groups is 1. The lowest BCUT2D eigenvalue weighted by Gasteiger charge is -2.34. The van der Waals surface area contributed by atoms with Crippen LogP contribution in [0.3, 0.4) is 0 Å². The van der Waals surface area contributed by atoms with Crippen molar-refractivity contribution in [3.05, 3.63) is 0 Å². The summed E-state index contributed by atoms with van der Waals surface area (Å²) in [6, 6.07) is -0.141. The van der Waals surface area contributed by atoms with Gasteiger partial charge in [0.05, 0.1) is 6.10 Å². The lowest BCUT2D eigenvalue weighted by Crippen LogP contribution is -2.48. The molecule has 0 aliphatic heterocycles. The molecule has 1 N–H and O–H groups in total. The fraction of sp³-hybridized carbons (Fsp3) is 0.889. The van der Waals surface area contributed by atoms with Crippen LogP contribution in [0.15, 0.2) is 0 Å². The van der Waals surface area contributed by atoms with Gasteiger partial charge >= 0.3 is 12.3 Å². The van der Waals surface area contributed by atoms with E-state index in [0.29, 0.717) is 19.4 Å². The summed E-state index contributed by atoms with van der Waals surface area (Å²) in [6.07, 6.45) is -4.18. The molecule has 94 valence electrons. The van der Waals surface area contributed by atoms with E-state index in [1.807, 2.05) is 6.92 Å². The maximum absolute atomic E-state index is 11.7. The molecule has 0 heterocycles. The summed E-state index contributed by atoms with van der Waals surface area (Å²) in [5, 5.41) is 2.34. The number of hydrogen-bond acceptors (Lipinski definition) is 3. The molecule has 1 aliphatic rings. The number of alkyl carbamates (subject to hydrolysis) is 1. The molecular weight excluding hydrogens is 227 g/mol. The molecule has 0 bridgehead atoms. The van der Waals surface area contributed by atoms with E-state index in [-0.39, 0.29) is 12.1 Å². The second-order valence-electron chi connectivity index (χ2n) is 3.58. The van der Waals surface area contributed by atoms with Crippen molar-refractivity contribution in [3.63, 3.8) is 0 Å². The first kappa shape index (κ1) is 13.1. The van der Waals surface area contributed by atoms with Gasteiger partial charge in [-0.3, -0.25) is 0 Å². The first-order valence-electron chi connectivity index (χ1n) is 5.02. The topological polar surface area (TPSA) is 47.6 Å². The van der Waals surface area contributed by atoms with E-state index < -0.39 is 18.9 Å². The van der Waals surface area contributed by atoms with Crippen LogP contribution in [0.2, 0.25) is 0 Å². The Labute approximate surface area is 91.1 Å². The Morgan fingerprint density at radius 3 is 2.56 bits per heavy atom. The normalized spacial score (nSPS) is 24.8. The van der Waals surface area contributed by atoms with Gasteiger partial charge in [0.25, 0.3) is 0 Å². The third-order valence-electron chi connectivity index (χ3n) is 2.19. The third-order valence-corrected chi connectivity index (χ3v) is 2.19. The fourth-order valence-electron chi connectivity index (χ4n) is 1.41. The van der Waals surface area contributed by atoms with Crippen molar-refractivity contribution in [2.75, 3.05) is 13.2 Å². The van der Waals surface area contributed by atoms with Crippen molar-refractivity contribution >= 4 is 6.09 Å². The van der Waals surface area contributed by atoms with Crippen molar-refractivity contribution in [2.24, 2.45) is 0 Å². The standard InChI is InChI=1S/C9H14F3NO3/c1-2-15-7-3-6(4-7)13-8(14)16-5-9(10,11)12/h6-7H,2-5H2,1H3,(H,13,14). The summed E-state index contributed by atoms with van der Waals surface area (Å²) in [4.78, 5) is 10.9. The Kier molecular flexibility index (Phi) is 4.40. The van der Waals surface area contributed by atoms with Gasteiger partial charge in [-0.05, 0) is 19.8 Å². The Hall–Kier alpha value is -0.980. The molecule has 0 atom stereocenters. The van der Waals surface area contributed by atoms with Gasteiger partial charge in [-0.2, -0.15) is 13.2 Å². The lowest BCUT2D eigenvalue weighted by atomic mass is 9.89. The average Bonchev–Trinajstić information content (AvgIpc) is 2.10. The van der Waals surface area contributed by atoms with E-state index in [2.05, 4.69) is 10.1 Å². The molecule has 0 aromatic rings. The zero-order valence-electron chi connectivity index (χ0n) is 8.84. The summed E-state index contributed by atoms with van der Waals surface area (Å²) in [7, 11) is 0. The highest BCUT2D eigenvalue weighted by Crippen LogP contribution is 2.23. The van der Waals surface area contributed by atoms with Crippen LogP contribution in [0.5, 0.6) is 0 Å². The Bertz CT molecular complexity index is 239. The van der Waals surface area contributed by atoms with E-state index in [1.54, 1.807) is 0 Å². The van der Waals surface area contributed by atoms with Gasteiger partial charge in [-0.15, -0.1) is 0 Å². The van der Waals surface area contributed by atoms with Crippen LogP contribution >= 0.6 is 0 Å². The monoisotopic (exact) mass is 241 g/mol. The van der Waals surface area contributed by atoms with Gasteiger partial charge in [0, 0.05) is 12.6 Å². The molecule has 0 saturated heterocycles. The summed E-state index contributed by atoms with van der Waals surface area (Å²) in [5.74, 6) is 0. The molecular formula is C9H14F3NO3. The summed E-state index contributed by atoms with van der Waals surface area (Å²) in [5.41, 5.74) is 0. The van der Waals surface area contributed by atoms with E-state index in [4.69, 9.17) is 4.74 Å². The van der Waals surface area contributed by atoms with E-state index in [1.165, 1.54) is 0 Å². The molecule has 16 heavy (non-hydrogen) atoms. The summed E-state index contributed by atoms with van der Waals surface area (Å²) in [6.45, 7) is 0.898. The molecule has 7 heteroatoms. The molecule has 1 fully saturated rings. The van der Waals surface area contributed by atoms with Crippen LogP contribution in [0.25, 0.3) is 0 Å².